The maximum atomic E-state index is 5.41. The first-order valence-electron chi connectivity index (χ1n) is 6.59. The normalized spacial score (nSPS) is 24.2. The van der Waals surface area contributed by atoms with Crippen LogP contribution in [0.3, 0.4) is 0 Å². The Kier molecular flexibility index (Phi) is 5.86. The molecule has 0 amide bonds. The molecule has 0 spiro atoms. The van der Waals surface area contributed by atoms with Crippen molar-refractivity contribution in [3.63, 3.8) is 0 Å². The van der Waals surface area contributed by atoms with Gasteiger partial charge >= 0.3 is 0 Å². The van der Waals surface area contributed by atoms with E-state index in [1.807, 2.05) is 0 Å². The van der Waals surface area contributed by atoms with Gasteiger partial charge < -0.3 is 15.0 Å². The lowest BCUT2D eigenvalue weighted by Gasteiger charge is -2.38. The first-order chi connectivity index (χ1) is 7.94. The van der Waals surface area contributed by atoms with E-state index in [1.54, 1.807) is 7.11 Å². The van der Waals surface area contributed by atoms with Gasteiger partial charge in [0.2, 0.25) is 0 Å². The van der Waals surface area contributed by atoms with Gasteiger partial charge in [0.15, 0.2) is 0 Å². The van der Waals surface area contributed by atoms with Gasteiger partial charge in [-0.25, -0.2) is 0 Å². The van der Waals surface area contributed by atoms with E-state index in [4.69, 9.17) is 4.74 Å². The van der Waals surface area contributed by atoms with Crippen molar-refractivity contribution < 1.29 is 4.74 Å². The molecule has 4 nitrogen and oxygen atoms in total. The van der Waals surface area contributed by atoms with Gasteiger partial charge in [-0.1, -0.05) is 0 Å². The molecule has 0 aromatic rings. The van der Waals surface area contributed by atoms with E-state index in [-0.39, 0.29) is 5.60 Å². The minimum atomic E-state index is -0.0116. The summed E-state index contributed by atoms with van der Waals surface area (Å²) in [5, 5.41) is 3.55. The van der Waals surface area contributed by atoms with E-state index in [0.29, 0.717) is 6.04 Å². The Morgan fingerprint density at radius 2 is 2.00 bits per heavy atom. The first kappa shape index (κ1) is 14.9. The molecule has 1 N–H and O–H groups in total. The molecule has 1 atom stereocenters. The summed E-state index contributed by atoms with van der Waals surface area (Å²) >= 11 is 0. The molecule has 0 bridgehead atoms. The molecule has 1 heterocycles. The van der Waals surface area contributed by atoms with Crippen LogP contribution in [0.4, 0.5) is 0 Å². The zero-order valence-corrected chi connectivity index (χ0v) is 12.1. The number of piperazine rings is 1. The average molecular weight is 243 g/mol. The van der Waals surface area contributed by atoms with Crippen molar-refractivity contribution in [1.82, 2.24) is 15.1 Å². The highest BCUT2D eigenvalue weighted by atomic mass is 16.5. The average Bonchev–Trinajstić information content (AvgIpc) is 2.29. The number of rotatable bonds is 6. The summed E-state index contributed by atoms with van der Waals surface area (Å²) in [6, 6.07) is 0.638. The van der Waals surface area contributed by atoms with Crippen LogP contribution in [0.5, 0.6) is 0 Å². The van der Waals surface area contributed by atoms with Crippen LogP contribution in [-0.4, -0.2) is 75.4 Å². The summed E-state index contributed by atoms with van der Waals surface area (Å²) in [7, 11) is 6.20. The van der Waals surface area contributed by atoms with Gasteiger partial charge in [0.1, 0.15) is 0 Å². The fourth-order valence-electron chi connectivity index (χ4n) is 2.08. The second-order valence-electron chi connectivity index (χ2n) is 5.81. The molecule has 1 aliphatic heterocycles. The fraction of sp³-hybridized carbons (Fsp3) is 1.00. The molecular formula is C13H29N3O. The minimum Gasteiger partial charge on any atom is -0.379 e. The Hall–Kier alpha value is -0.160. The second-order valence-corrected chi connectivity index (χ2v) is 5.81. The van der Waals surface area contributed by atoms with Crippen LogP contribution in [0.1, 0.15) is 20.3 Å². The van der Waals surface area contributed by atoms with Crippen molar-refractivity contribution in [1.29, 1.82) is 0 Å². The third-order valence-corrected chi connectivity index (χ3v) is 3.82. The van der Waals surface area contributed by atoms with E-state index < -0.39 is 0 Å². The quantitative estimate of drug-likeness (QED) is 0.693. The largest absolute Gasteiger partial charge is 0.379 e. The van der Waals surface area contributed by atoms with Gasteiger partial charge in [0.25, 0.3) is 0 Å². The third kappa shape index (κ3) is 5.34. The van der Waals surface area contributed by atoms with Gasteiger partial charge in [-0.2, -0.15) is 0 Å². The van der Waals surface area contributed by atoms with Gasteiger partial charge in [0, 0.05) is 39.3 Å². The predicted octanol–water partition coefficient (Wildman–Crippen LogP) is 0.637. The Bertz CT molecular complexity index is 221. The highest BCUT2D eigenvalue weighted by Crippen LogP contribution is 2.11. The van der Waals surface area contributed by atoms with Crippen molar-refractivity contribution >= 4 is 0 Å². The maximum absolute atomic E-state index is 5.41. The lowest BCUT2D eigenvalue weighted by molar-refractivity contribution is 0.0152. The first-order valence-corrected chi connectivity index (χ1v) is 6.59. The SMILES string of the molecule is COC(C)(C)CCNCC1CN(C)CCN1C. The number of hydrogen-bond acceptors (Lipinski definition) is 4. The molecule has 0 aromatic heterocycles. The van der Waals surface area contributed by atoms with Crippen LogP contribution in [0.25, 0.3) is 0 Å². The highest BCUT2D eigenvalue weighted by Gasteiger charge is 2.22. The summed E-state index contributed by atoms with van der Waals surface area (Å²) < 4.78 is 5.41. The van der Waals surface area contributed by atoms with Gasteiger partial charge in [0.05, 0.1) is 5.60 Å². The van der Waals surface area contributed by atoms with Crippen LogP contribution in [0.15, 0.2) is 0 Å². The van der Waals surface area contributed by atoms with Crippen LogP contribution in [-0.2, 0) is 4.74 Å². The van der Waals surface area contributed by atoms with E-state index in [9.17, 15) is 0 Å². The zero-order chi connectivity index (χ0) is 12.9. The van der Waals surface area contributed by atoms with Crippen LogP contribution in [0, 0.1) is 0 Å². The molecular weight excluding hydrogens is 214 g/mol. The van der Waals surface area contributed by atoms with Crippen molar-refractivity contribution in [2.75, 3.05) is 53.9 Å². The van der Waals surface area contributed by atoms with Crippen LogP contribution >= 0.6 is 0 Å². The molecule has 102 valence electrons. The summed E-state index contributed by atoms with van der Waals surface area (Å²) in [5.41, 5.74) is -0.0116. The second kappa shape index (κ2) is 6.69. The lowest BCUT2D eigenvalue weighted by atomic mass is 10.1. The number of likely N-dealkylation sites (N-methyl/N-ethyl adjacent to an activating group) is 2. The van der Waals surface area contributed by atoms with Crippen molar-refractivity contribution in [3.8, 4) is 0 Å². The predicted molar refractivity (Wildman–Crippen MR) is 72.5 cm³/mol. The Labute approximate surface area is 106 Å². The molecule has 1 unspecified atom stereocenters. The number of ether oxygens (including phenoxy) is 1. The fourth-order valence-corrected chi connectivity index (χ4v) is 2.08. The molecule has 0 radical (unpaired) electrons. The Morgan fingerprint density at radius 1 is 1.29 bits per heavy atom. The Balaban J connectivity index is 2.17. The maximum Gasteiger partial charge on any atom is 0.0634 e. The number of nitrogens with zero attached hydrogens (tertiary/aromatic N) is 2. The molecule has 4 heteroatoms. The minimum absolute atomic E-state index is 0.0116. The molecule has 17 heavy (non-hydrogen) atoms. The molecule has 1 rings (SSSR count). The summed E-state index contributed by atoms with van der Waals surface area (Å²) in [4.78, 5) is 4.86. The summed E-state index contributed by atoms with van der Waals surface area (Å²) in [6.45, 7) is 9.88. The lowest BCUT2D eigenvalue weighted by Crippen LogP contribution is -2.54. The van der Waals surface area contributed by atoms with E-state index in [2.05, 4.69) is 43.1 Å². The zero-order valence-electron chi connectivity index (χ0n) is 12.1. The molecule has 0 aliphatic carbocycles. The topological polar surface area (TPSA) is 27.7 Å². The van der Waals surface area contributed by atoms with Crippen molar-refractivity contribution in [3.05, 3.63) is 0 Å². The van der Waals surface area contributed by atoms with Gasteiger partial charge in [-0.05, 0) is 40.9 Å². The Morgan fingerprint density at radius 3 is 2.65 bits per heavy atom. The standard InChI is InChI=1S/C13H29N3O/c1-13(2,17-5)6-7-14-10-12-11-15(3)8-9-16(12)4/h12,14H,6-11H2,1-5H3. The molecule has 0 aromatic carbocycles. The molecule has 1 saturated heterocycles. The van der Waals surface area contributed by atoms with Crippen LogP contribution < -0.4 is 5.32 Å². The summed E-state index contributed by atoms with van der Waals surface area (Å²) in [5.74, 6) is 0. The highest BCUT2D eigenvalue weighted by molar-refractivity contribution is 4.80. The third-order valence-electron chi connectivity index (χ3n) is 3.82. The van der Waals surface area contributed by atoms with E-state index in [1.165, 1.54) is 13.1 Å². The number of hydrogen-bond donors (Lipinski definition) is 1. The van der Waals surface area contributed by atoms with E-state index >= 15 is 0 Å². The summed E-state index contributed by atoms with van der Waals surface area (Å²) in [6.07, 6.45) is 1.05. The number of nitrogens with one attached hydrogen (secondary N) is 1. The molecule has 1 fully saturated rings. The van der Waals surface area contributed by atoms with E-state index in [0.717, 1.165) is 26.1 Å². The monoisotopic (exact) mass is 243 g/mol. The number of methoxy groups -OCH3 is 1. The molecule has 1 aliphatic rings. The van der Waals surface area contributed by atoms with Crippen molar-refractivity contribution in [2.45, 2.75) is 31.9 Å². The molecule has 0 saturated carbocycles. The smallest absolute Gasteiger partial charge is 0.0634 e. The van der Waals surface area contributed by atoms with Crippen molar-refractivity contribution in [2.24, 2.45) is 0 Å². The van der Waals surface area contributed by atoms with Gasteiger partial charge in [-0.15, -0.1) is 0 Å². The van der Waals surface area contributed by atoms with Crippen LogP contribution in [0.2, 0.25) is 0 Å². The van der Waals surface area contributed by atoms with Gasteiger partial charge in [-0.3, -0.25) is 4.90 Å².